The summed E-state index contributed by atoms with van der Waals surface area (Å²) in [7, 11) is -3.92. The number of hydrogen-bond acceptors (Lipinski definition) is 6. The van der Waals surface area contributed by atoms with Gasteiger partial charge in [0, 0.05) is 31.8 Å². The lowest BCUT2D eigenvalue weighted by atomic mass is 10.0. The molecular formula is C29H21ClNO4S3-. The predicted molar refractivity (Wildman–Crippen MR) is 154 cm³/mol. The van der Waals surface area contributed by atoms with Gasteiger partial charge in [-0.25, -0.2) is 8.42 Å². The molecule has 0 saturated carbocycles. The molecular weight excluding hydrogens is 558 g/mol. The van der Waals surface area contributed by atoms with E-state index in [1.165, 1.54) is 11.3 Å². The molecule has 0 aliphatic heterocycles. The topological polar surface area (TPSA) is 78.8 Å². The highest BCUT2D eigenvalue weighted by molar-refractivity contribution is 7.89. The Morgan fingerprint density at radius 2 is 1.66 bits per heavy atom. The summed E-state index contributed by atoms with van der Waals surface area (Å²) in [5.41, 5.74) is 3.95. The number of sulfonamides is 1. The van der Waals surface area contributed by atoms with E-state index in [1.54, 1.807) is 59.2 Å². The van der Waals surface area contributed by atoms with E-state index in [9.17, 15) is 13.5 Å². The Balaban J connectivity index is 1.40. The first-order chi connectivity index (χ1) is 18.4. The van der Waals surface area contributed by atoms with Crippen molar-refractivity contribution in [1.29, 1.82) is 0 Å². The summed E-state index contributed by atoms with van der Waals surface area (Å²) in [6.07, 6.45) is 0. The number of ether oxygens (including phenoxy) is 1. The molecule has 0 atom stereocenters. The van der Waals surface area contributed by atoms with Crippen molar-refractivity contribution in [2.75, 3.05) is 0 Å². The largest absolute Gasteiger partial charge is 0.858 e. The third-order valence-electron chi connectivity index (χ3n) is 5.65. The Labute approximate surface area is 234 Å². The maximum absolute atomic E-state index is 12.6. The van der Waals surface area contributed by atoms with Crippen molar-refractivity contribution in [3.05, 3.63) is 123 Å². The molecule has 0 radical (unpaired) electrons. The van der Waals surface area contributed by atoms with Crippen molar-refractivity contribution in [1.82, 2.24) is 0 Å². The summed E-state index contributed by atoms with van der Waals surface area (Å²) in [6.45, 7) is 0.421. The van der Waals surface area contributed by atoms with Crippen LogP contribution in [0.1, 0.15) is 16.0 Å². The number of thiophene rings is 2. The van der Waals surface area contributed by atoms with Gasteiger partial charge in [-0.15, -0.1) is 22.7 Å². The maximum atomic E-state index is 12.6. The Morgan fingerprint density at radius 3 is 2.39 bits per heavy atom. The van der Waals surface area contributed by atoms with Gasteiger partial charge in [0.2, 0.25) is 0 Å². The van der Waals surface area contributed by atoms with Crippen molar-refractivity contribution in [2.45, 2.75) is 12.4 Å². The molecule has 5 nitrogen and oxygen atoms in total. The standard InChI is InChI=1S/C29H22ClNO4S3/c30-23-12-13-27(35-18-20-5-2-1-3-6-20)26(17-23)25-14-16-37-28(25)21-8-10-22(11-9-21)29(32)31-38(33,34)19-24-7-4-15-36-24/h1-17H,18-19H2,(H,31,32)/p-1. The second-order valence-corrected chi connectivity index (χ2v) is 12.4. The van der Waals surface area contributed by atoms with E-state index in [-0.39, 0.29) is 11.3 Å². The second-order valence-electron chi connectivity index (χ2n) is 8.36. The predicted octanol–water partition coefficient (Wildman–Crippen LogP) is 7.01. The molecule has 5 aromatic rings. The number of rotatable bonds is 9. The third-order valence-corrected chi connectivity index (χ3v) is 9.03. The zero-order valence-electron chi connectivity index (χ0n) is 19.9. The van der Waals surface area contributed by atoms with Gasteiger partial charge < -0.3 is 9.84 Å². The summed E-state index contributed by atoms with van der Waals surface area (Å²) in [5.74, 6) is -0.369. The van der Waals surface area contributed by atoms with Crippen LogP contribution in [0.3, 0.4) is 0 Å². The first kappa shape index (κ1) is 26.2. The van der Waals surface area contributed by atoms with Crippen LogP contribution in [0, 0.1) is 0 Å². The number of nitrogens with zero attached hydrogens (tertiary/aromatic N) is 1. The molecule has 0 spiro atoms. The Morgan fingerprint density at radius 1 is 0.868 bits per heavy atom. The summed E-state index contributed by atoms with van der Waals surface area (Å²) >= 11 is 9.21. The molecule has 192 valence electrons. The summed E-state index contributed by atoms with van der Waals surface area (Å²) in [6, 6.07) is 27.7. The van der Waals surface area contributed by atoms with Gasteiger partial charge in [0.1, 0.15) is 18.1 Å². The zero-order valence-corrected chi connectivity index (χ0v) is 23.1. The summed E-state index contributed by atoms with van der Waals surface area (Å²) in [4.78, 5) is 1.60. The van der Waals surface area contributed by atoms with Crippen LogP contribution in [0.4, 0.5) is 0 Å². The van der Waals surface area contributed by atoms with E-state index in [0.29, 0.717) is 22.3 Å². The smallest absolute Gasteiger partial charge is 0.257 e. The van der Waals surface area contributed by atoms with Crippen molar-refractivity contribution in [3.8, 4) is 27.3 Å². The Bertz CT molecular complexity index is 1660. The molecule has 0 fully saturated rings. The van der Waals surface area contributed by atoms with Gasteiger partial charge in [0.15, 0.2) is 0 Å². The minimum Gasteiger partial charge on any atom is -0.858 e. The number of hydrogen-bond donors (Lipinski definition) is 0. The molecule has 38 heavy (non-hydrogen) atoms. The van der Waals surface area contributed by atoms with Crippen molar-refractivity contribution < 1.29 is 18.3 Å². The van der Waals surface area contributed by atoms with Crippen LogP contribution >= 0.6 is 34.3 Å². The third kappa shape index (κ3) is 6.34. The SMILES string of the molecule is O=S(=O)(Cc1cccs1)/N=C(\[O-])c1ccc(-c2sccc2-c2cc(Cl)ccc2OCc2ccccc2)cc1. The summed E-state index contributed by atoms with van der Waals surface area (Å²) in [5, 5.41) is 16.9. The average Bonchev–Trinajstić information content (AvgIpc) is 3.60. The quantitative estimate of drug-likeness (QED) is 0.139. The molecule has 0 aliphatic rings. The molecule has 0 aliphatic carbocycles. The molecule has 0 N–H and O–H groups in total. The fraction of sp³-hybridized carbons (Fsp3) is 0.0690. The van der Waals surface area contributed by atoms with Gasteiger partial charge in [-0.1, -0.05) is 72.3 Å². The number of halogens is 1. The Hall–Kier alpha value is -3.43. The zero-order chi connectivity index (χ0) is 26.5. The monoisotopic (exact) mass is 578 g/mol. The van der Waals surface area contributed by atoms with Crippen LogP contribution < -0.4 is 9.84 Å². The molecule has 0 unspecified atom stereocenters. The first-order valence-electron chi connectivity index (χ1n) is 11.5. The molecule has 2 aromatic heterocycles. The second kappa shape index (κ2) is 11.5. The van der Waals surface area contributed by atoms with Crippen LogP contribution in [-0.4, -0.2) is 14.3 Å². The van der Waals surface area contributed by atoms with Crippen molar-refractivity contribution in [3.63, 3.8) is 0 Å². The van der Waals surface area contributed by atoms with E-state index < -0.39 is 15.9 Å². The highest BCUT2D eigenvalue weighted by atomic mass is 35.5. The van der Waals surface area contributed by atoms with Gasteiger partial charge in [-0.05, 0) is 57.8 Å². The highest BCUT2D eigenvalue weighted by Crippen LogP contribution is 2.42. The van der Waals surface area contributed by atoms with Crippen molar-refractivity contribution in [2.24, 2.45) is 4.40 Å². The van der Waals surface area contributed by atoms with Crippen LogP contribution in [0.15, 0.2) is 106 Å². The molecule has 3 aromatic carbocycles. The molecule has 0 amide bonds. The lowest BCUT2D eigenvalue weighted by Gasteiger charge is -2.14. The fourth-order valence-electron chi connectivity index (χ4n) is 3.87. The average molecular weight is 579 g/mol. The van der Waals surface area contributed by atoms with Crippen molar-refractivity contribution >= 4 is 50.2 Å². The van der Waals surface area contributed by atoms with Crippen LogP contribution in [0.2, 0.25) is 5.02 Å². The lowest BCUT2D eigenvalue weighted by Crippen LogP contribution is -2.21. The van der Waals surface area contributed by atoms with Crippen LogP contribution in [-0.2, 0) is 22.4 Å². The minimum absolute atomic E-state index is 0.205. The molecule has 0 bridgehead atoms. The van der Waals surface area contributed by atoms with E-state index >= 15 is 0 Å². The maximum Gasteiger partial charge on any atom is 0.257 e. The normalized spacial score (nSPS) is 12.0. The highest BCUT2D eigenvalue weighted by Gasteiger charge is 2.15. The van der Waals surface area contributed by atoms with E-state index in [4.69, 9.17) is 16.3 Å². The van der Waals surface area contributed by atoms with Gasteiger partial charge in [-0.2, -0.15) is 4.40 Å². The summed E-state index contributed by atoms with van der Waals surface area (Å²) < 4.78 is 34.3. The van der Waals surface area contributed by atoms with Gasteiger partial charge in [0.05, 0.1) is 0 Å². The minimum atomic E-state index is -3.92. The van der Waals surface area contributed by atoms with Crippen LogP contribution in [0.25, 0.3) is 21.6 Å². The molecule has 0 saturated heterocycles. The van der Waals surface area contributed by atoms with E-state index in [0.717, 1.165) is 27.1 Å². The van der Waals surface area contributed by atoms with E-state index in [2.05, 4.69) is 4.40 Å². The fourth-order valence-corrected chi connectivity index (χ4v) is 7.04. The number of benzene rings is 3. The molecule has 5 rings (SSSR count). The van der Waals surface area contributed by atoms with Gasteiger partial charge in [0.25, 0.3) is 10.0 Å². The molecule has 9 heteroatoms. The van der Waals surface area contributed by atoms with E-state index in [1.807, 2.05) is 53.9 Å². The Kier molecular flexibility index (Phi) is 7.95. The van der Waals surface area contributed by atoms with Crippen LogP contribution in [0.5, 0.6) is 5.75 Å². The first-order valence-corrected chi connectivity index (χ1v) is 15.3. The lowest BCUT2D eigenvalue weighted by molar-refractivity contribution is -0.212. The van der Waals surface area contributed by atoms with Gasteiger partial charge >= 0.3 is 0 Å². The molecule has 2 heterocycles. The van der Waals surface area contributed by atoms with Gasteiger partial charge in [-0.3, -0.25) is 0 Å².